The molecule has 0 radical (unpaired) electrons. The van der Waals surface area contributed by atoms with Crippen molar-refractivity contribution in [3.63, 3.8) is 0 Å². The number of rotatable bonds is 4. The van der Waals surface area contributed by atoms with Gasteiger partial charge in [0.2, 0.25) is 0 Å². The van der Waals surface area contributed by atoms with Gasteiger partial charge >= 0.3 is 0 Å². The molecule has 126 valence electrons. The van der Waals surface area contributed by atoms with Crippen molar-refractivity contribution in [1.29, 1.82) is 0 Å². The predicted molar refractivity (Wildman–Crippen MR) is 88.8 cm³/mol. The lowest BCUT2D eigenvalue weighted by Crippen LogP contribution is -2.40. The molecule has 1 atom stereocenters. The van der Waals surface area contributed by atoms with Crippen LogP contribution in [0.15, 0.2) is 18.2 Å². The summed E-state index contributed by atoms with van der Waals surface area (Å²) in [4.78, 5) is 16.9. The summed E-state index contributed by atoms with van der Waals surface area (Å²) in [6, 6.07) is 5.38. The number of likely N-dealkylation sites (tertiary alicyclic amines) is 1. The van der Waals surface area contributed by atoms with Crippen LogP contribution in [-0.2, 0) is 11.2 Å². The Morgan fingerprint density at radius 2 is 2.09 bits per heavy atom. The van der Waals surface area contributed by atoms with E-state index >= 15 is 0 Å². The molecular formula is C18H26N2O3. The van der Waals surface area contributed by atoms with Crippen LogP contribution in [0.3, 0.4) is 0 Å². The number of hydrogen-bond donors (Lipinski definition) is 1. The third-order valence-corrected chi connectivity index (χ3v) is 4.89. The lowest BCUT2D eigenvalue weighted by atomic mass is 10.1. The molecule has 2 aliphatic heterocycles. The molecule has 5 heteroatoms. The van der Waals surface area contributed by atoms with Gasteiger partial charge < -0.3 is 14.7 Å². The normalized spacial score (nSPS) is 22.5. The van der Waals surface area contributed by atoms with Gasteiger partial charge in [0.1, 0.15) is 5.75 Å². The second-order valence-corrected chi connectivity index (χ2v) is 6.52. The SMILES string of the molecule is CCc1ccc(C(=O)N2CC[C@@H](CN3CCOCC3)C2)c(O)c1. The smallest absolute Gasteiger partial charge is 0.257 e. The summed E-state index contributed by atoms with van der Waals surface area (Å²) in [5.41, 5.74) is 1.47. The average Bonchev–Trinajstić information content (AvgIpc) is 3.03. The molecule has 0 saturated carbocycles. The molecule has 2 aliphatic rings. The second kappa shape index (κ2) is 7.32. The minimum atomic E-state index is -0.0466. The lowest BCUT2D eigenvalue weighted by Gasteiger charge is -2.29. The van der Waals surface area contributed by atoms with Crippen LogP contribution < -0.4 is 0 Å². The standard InChI is InChI=1S/C18H26N2O3/c1-2-14-3-4-16(17(21)11-14)18(22)20-6-5-15(13-20)12-19-7-9-23-10-8-19/h3-4,11,15,21H,2,5-10,12-13H2,1H3/t15-/m0/s1. The van der Waals surface area contributed by atoms with Gasteiger partial charge in [0.25, 0.3) is 5.91 Å². The van der Waals surface area contributed by atoms with Crippen LogP contribution >= 0.6 is 0 Å². The monoisotopic (exact) mass is 318 g/mol. The van der Waals surface area contributed by atoms with Crippen molar-refractivity contribution < 1.29 is 14.6 Å². The van der Waals surface area contributed by atoms with E-state index < -0.39 is 0 Å². The number of hydrogen-bond acceptors (Lipinski definition) is 4. The van der Waals surface area contributed by atoms with Crippen LogP contribution in [-0.4, -0.2) is 66.8 Å². The van der Waals surface area contributed by atoms with E-state index in [0.717, 1.165) is 64.3 Å². The molecule has 2 heterocycles. The maximum Gasteiger partial charge on any atom is 0.257 e. The van der Waals surface area contributed by atoms with Gasteiger partial charge in [-0.2, -0.15) is 0 Å². The highest BCUT2D eigenvalue weighted by atomic mass is 16.5. The van der Waals surface area contributed by atoms with Crippen molar-refractivity contribution >= 4 is 5.91 Å². The largest absolute Gasteiger partial charge is 0.507 e. The van der Waals surface area contributed by atoms with Gasteiger partial charge in [0, 0.05) is 32.7 Å². The van der Waals surface area contributed by atoms with Crippen LogP contribution in [0.1, 0.15) is 29.3 Å². The van der Waals surface area contributed by atoms with Gasteiger partial charge in [0.15, 0.2) is 0 Å². The van der Waals surface area contributed by atoms with Crippen molar-refractivity contribution in [2.75, 3.05) is 45.9 Å². The molecule has 2 saturated heterocycles. The van der Waals surface area contributed by atoms with Gasteiger partial charge in [-0.1, -0.05) is 13.0 Å². The molecular weight excluding hydrogens is 292 g/mol. The maximum absolute atomic E-state index is 12.6. The summed E-state index contributed by atoms with van der Waals surface area (Å²) in [7, 11) is 0. The second-order valence-electron chi connectivity index (χ2n) is 6.52. The summed E-state index contributed by atoms with van der Waals surface area (Å²) in [6.07, 6.45) is 1.89. The Morgan fingerprint density at radius 1 is 1.30 bits per heavy atom. The topological polar surface area (TPSA) is 53.0 Å². The number of phenols is 1. The molecule has 0 aliphatic carbocycles. The summed E-state index contributed by atoms with van der Waals surface area (Å²) < 4.78 is 5.38. The maximum atomic E-state index is 12.6. The number of aryl methyl sites for hydroxylation is 1. The van der Waals surface area contributed by atoms with E-state index in [2.05, 4.69) is 4.90 Å². The van der Waals surface area contributed by atoms with E-state index in [-0.39, 0.29) is 11.7 Å². The molecule has 1 N–H and O–H groups in total. The number of amides is 1. The van der Waals surface area contributed by atoms with Crippen LogP contribution in [0.2, 0.25) is 0 Å². The van der Waals surface area contributed by atoms with E-state index in [0.29, 0.717) is 11.5 Å². The van der Waals surface area contributed by atoms with Gasteiger partial charge in [0.05, 0.1) is 18.8 Å². The number of carbonyl (C=O) groups excluding carboxylic acids is 1. The Hall–Kier alpha value is -1.59. The Morgan fingerprint density at radius 3 is 2.78 bits per heavy atom. The number of carbonyl (C=O) groups is 1. The highest BCUT2D eigenvalue weighted by Gasteiger charge is 2.29. The molecule has 0 aromatic heterocycles. The third-order valence-electron chi connectivity index (χ3n) is 4.89. The van der Waals surface area contributed by atoms with Crippen LogP contribution in [0.25, 0.3) is 0 Å². The van der Waals surface area contributed by atoms with E-state index in [1.54, 1.807) is 12.1 Å². The molecule has 3 rings (SSSR count). The summed E-state index contributed by atoms with van der Waals surface area (Å²) >= 11 is 0. The Kier molecular flexibility index (Phi) is 5.18. The molecule has 23 heavy (non-hydrogen) atoms. The van der Waals surface area contributed by atoms with Crippen molar-refractivity contribution in [2.45, 2.75) is 19.8 Å². The minimum absolute atomic E-state index is 0.0466. The molecule has 5 nitrogen and oxygen atoms in total. The van der Waals surface area contributed by atoms with Crippen LogP contribution in [0, 0.1) is 5.92 Å². The van der Waals surface area contributed by atoms with Crippen molar-refractivity contribution in [3.05, 3.63) is 29.3 Å². The molecule has 1 amide bonds. The Balaban J connectivity index is 1.58. The molecule has 1 aromatic carbocycles. The fourth-order valence-corrected chi connectivity index (χ4v) is 3.46. The van der Waals surface area contributed by atoms with Crippen molar-refractivity contribution in [1.82, 2.24) is 9.80 Å². The number of nitrogens with zero attached hydrogens (tertiary/aromatic N) is 2. The Bertz CT molecular complexity index is 555. The highest BCUT2D eigenvalue weighted by molar-refractivity contribution is 5.97. The van der Waals surface area contributed by atoms with Gasteiger partial charge in [-0.3, -0.25) is 9.69 Å². The fraction of sp³-hybridized carbons (Fsp3) is 0.611. The first-order valence-electron chi connectivity index (χ1n) is 8.58. The number of morpholine rings is 1. The average molecular weight is 318 g/mol. The zero-order valence-electron chi connectivity index (χ0n) is 13.8. The van der Waals surface area contributed by atoms with Gasteiger partial charge in [-0.15, -0.1) is 0 Å². The number of phenolic OH excluding ortho intramolecular Hbond substituents is 1. The van der Waals surface area contributed by atoms with E-state index in [9.17, 15) is 9.90 Å². The zero-order chi connectivity index (χ0) is 16.2. The highest BCUT2D eigenvalue weighted by Crippen LogP contribution is 2.25. The van der Waals surface area contributed by atoms with Crippen molar-refractivity contribution in [2.24, 2.45) is 5.92 Å². The third kappa shape index (κ3) is 3.85. The molecule has 0 bridgehead atoms. The molecule has 0 unspecified atom stereocenters. The van der Waals surface area contributed by atoms with Gasteiger partial charge in [-0.05, 0) is 36.5 Å². The quantitative estimate of drug-likeness (QED) is 0.919. The molecule has 0 spiro atoms. The summed E-state index contributed by atoms with van der Waals surface area (Å²) in [5.74, 6) is 0.578. The Labute approximate surface area is 137 Å². The summed E-state index contributed by atoms with van der Waals surface area (Å²) in [5, 5.41) is 10.1. The van der Waals surface area contributed by atoms with E-state index in [4.69, 9.17) is 4.74 Å². The lowest BCUT2D eigenvalue weighted by molar-refractivity contribution is 0.0310. The molecule has 1 aromatic rings. The van der Waals surface area contributed by atoms with E-state index in [1.165, 1.54) is 0 Å². The molecule has 2 fully saturated rings. The van der Waals surface area contributed by atoms with Crippen LogP contribution in [0.5, 0.6) is 5.75 Å². The number of aromatic hydroxyl groups is 1. The number of ether oxygens (including phenoxy) is 1. The van der Waals surface area contributed by atoms with Crippen LogP contribution in [0.4, 0.5) is 0 Å². The predicted octanol–water partition coefficient (Wildman–Crippen LogP) is 1.75. The zero-order valence-corrected chi connectivity index (χ0v) is 13.8. The van der Waals surface area contributed by atoms with E-state index in [1.807, 2.05) is 17.9 Å². The van der Waals surface area contributed by atoms with Crippen molar-refractivity contribution in [3.8, 4) is 5.75 Å². The first-order valence-corrected chi connectivity index (χ1v) is 8.58. The first-order chi connectivity index (χ1) is 11.2. The summed E-state index contributed by atoms with van der Waals surface area (Å²) in [6.45, 7) is 8.24. The first kappa shape index (κ1) is 16.3. The number of benzene rings is 1. The van der Waals surface area contributed by atoms with Gasteiger partial charge in [-0.25, -0.2) is 0 Å². The minimum Gasteiger partial charge on any atom is -0.507 e. The fourth-order valence-electron chi connectivity index (χ4n) is 3.46.